The summed E-state index contributed by atoms with van der Waals surface area (Å²) in [5.41, 5.74) is 0.257. The number of thioether (sulfide) groups is 1. The number of rotatable bonds is 3. The minimum Gasteiger partial charge on any atom is -0.313 e. The quantitative estimate of drug-likeness (QED) is 0.778. The van der Waals surface area contributed by atoms with E-state index in [0.29, 0.717) is 5.17 Å². The minimum atomic E-state index is -3.18. The highest BCUT2D eigenvalue weighted by Crippen LogP contribution is 2.41. The highest BCUT2D eigenvalue weighted by atomic mass is 32.2. The van der Waals surface area contributed by atoms with Gasteiger partial charge in [0.1, 0.15) is 5.82 Å². The maximum absolute atomic E-state index is 14.4. The number of carbonyl (C=O) groups excluding carboxylic acids is 1. The van der Waals surface area contributed by atoms with Gasteiger partial charge in [-0.25, -0.2) is 12.8 Å². The number of para-hydroxylation sites is 1. The van der Waals surface area contributed by atoms with Gasteiger partial charge in [0.25, 0.3) is 5.91 Å². The van der Waals surface area contributed by atoms with Crippen LogP contribution in [0.2, 0.25) is 0 Å². The fourth-order valence-corrected chi connectivity index (χ4v) is 7.82. The van der Waals surface area contributed by atoms with Crippen molar-refractivity contribution in [1.82, 2.24) is 0 Å². The summed E-state index contributed by atoms with van der Waals surface area (Å²) in [6.07, 6.45) is 0.181. The van der Waals surface area contributed by atoms with Crippen molar-refractivity contribution < 1.29 is 17.6 Å². The number of carbonyl (C=O) groups is 1. The Morgan fingerprint density at radius 1 is 1.23 bits per heavy atom. The molecule has 2 aliphatic rings. The Balaban J connectivity index is 1.68. The van der Waals surface area contributed by atoms with Gasteiger partial charge in [-0.2, -0.15) is 4.99 Å². The number of hydrogen-bond donors (Lipinski definition) is 0. The Kier molecular flexibility index (Phi) is 4.62. The Morgan fingerprint density at radius 2 is 2.04 bits per heavy atom. The fraction of sp³-hybridized carbons (Fsp3) is 0.294. The minimum absolute atomic E-state index is 0.0193. The van der Waals surface area contributed by atoms with E-state index >= 15 is 0 Å². The molecule has 4 rings (SSSR count). The Hall–Kier alpha value is -1.71. The fourth-order valence-electron chi connectivity index (χ4n) is 3.20. The topological polar surface area (TPSA) is 66.8 Å². The van der Waals surface area contributed by atoms with Crippen molar-refractivity contribution in [1.29, 1.82) is 0 Å². The van der Waals surface area contributed by atoms with E-state index in [2.05, 4.69) is 4.99 Å². The molecule has 2 aromatic rings. The summed E-state index contributed by atoms with van der Waals surface area (Å²) in [5.74, 6) is -0.821. The summed E-state index contributed by atoms with van der Waals surface area (Å²) in [5, 5.41) is 2.02. The number of anilines is 1. The highest BCUT2D eigenvalue weighted by Gasteiger charge is 2.49. The first-order chi connectivity index (χ1) is 12.4. The molecule has 2 saturated heterocycles. The van der Waals surface area contributed by atoms with Crippen LogP contribution in [0.25, 0.3) is 0 Å². The monoisotopic (exact) mass is 410 g/mol. The summed E-state index contributed by atoms with van der Waals surface area (Å²) in [6, 6.07) is 9.49. The molecule has 0 saturated carbocycles. The lowest BCUT2D eigenvalue weighted by atomic mass is 10.2. The number of fused-ring (bicyclic) bond motifs is 1. The van der Waals surface area contributed by atoms with Gasteiger partial charge in [0.2, 0.25) is 0 Å². The van der Waals surface area contributed by atoms with E-state index in [1.165, 1.54) is 29.2 Å². The van der Waals surface area contributed by atoms with Crippen LogP contribution in [-0.2, 0) is 21.1 Å². The number of halogens is 1. The van der Waals surface area contributed by atoms with Crippen molar-refractivity contribution in [3.05, 3.63) is 52.5 Å². The number of sulfone groups is 1. The number of thiophene rings is 1. The second-order valence-electron chi connectivity index (χ2n) is 6.17. The molecule has 2 fully saturated rings. The molecule has 0 N–H and O–H groups in total. The zero-order valence-electron chi connectivity index (χ0n) is 13.5. The number of hydrogen-bond acceptors (Lipinski definition) is 5. The smallest absolute Gasteiger partial charge is 0.253 e. The van der Waals surface area contributed by atoms with Crippen molar-refractivity contribution in [2.45, 2.75) is 17.7 Å². The van der Waals surface area contributed by atoms with Gasteiger partial charge < -0.3 is 4.90 Å². The molecule has 2 aliphatic heterocycles. The Labute approximate surface area is 158 Å². The van der Waals surface area contributed by atoms with Gasteiger partial charge in [-0.15, -0.1) is 11.3 Å². The van der Waals surface area contributed by atoms with Crippen molar-refractivity contribution in [3.63, 3.8) is 0 Å². The molecule has 5 nitrogen and oxygen atoms in total. The van der Waals surface area contributed by atoms with Gasteiger partial charge in [-0.1, -0.05) is 30.0 Å². The molecule has 1 aromatic heterocycles. The van der Waals surface area contributed by atoms with E-state index in [0.717, 1.165) is 4.88 Å². The van der Waals surface area contributed by atoms with Crippen molar-refractivity contribution in [2.75, 3.05) is 16.4 Å². The van der Waals surface area contributed by atoms with E-state index in [9.17, 15) is 17.6 Å². The average molecular weight is 411 g/mol. The zero-order valence-corrected chi connectivity index (χ0v) is 16.0. The summed E-state index contributed by atoms with van der Waals surface area (Å²) in [7, 11) is -3.18. The van der Waals surface area contributed by atoms with Gasteiger partial charge in [-0.05, 0) is 23.6 Å². The molecule has 0 aliphatic carbocycles. The summed E-state index contributed by atoms with van der Waals surface area (Å²) < 4.78 is 38.4. The third-order valence-corrected chi connectivity index (χ3v) is 8.39. The van der Waals surface area contributed by atoms with E-state index in [-0.39, 0.29) is 34.8 Å². The second kappa shape index (κ2) is 6.79. The van der Waals surface area contributed by atoms with Crippen molar-refractivity contribution in [2.24, 2.45) is 4.99 Å². The SMILES string of the molecule is O=C(Cc1cccs1)N=C1SC2CS(=O)(=O)CC2N1c1ccccc1F. The van der Waals surface area contributed by atoms with Crippen LogP contribution in [0, 0.1) is 5.82 Å². The number of amides is 1. The van der Waals surface area contributed by atoms with E-state index in [4.69, 9.17) is 0 Å². The molecule has 1 amide bonds. The second-order valence-corrected chi connectivity index (χ2v) is 10.6. The van der Waals surface area contributed by atoms with Crippen molar-refractivity contribution in [3.8, 4) is 0 Å². The zero-order chi connectivity index (χ0) is 18.3. The number of aliphatic imine (C=N–C) groups is 1. The molecule has 0 radical (unpaired) electrons. The molecular weight excluding hydrogens is 395 g/mol. The third kappa shape index (κ3) is 3.43. The maximum Gasteiger partial charge on any atom is 0.253 e. The van der Waals surface area contributed by atoms with E-state index in [1.54, 1.807) is 23.1 Å². The summed E-state index contributed by atoms with van der Waals surface area (Å²) in [4.78, 5) is 19.0. The standard InChI is InChI=1S/C17H15FN2O3S3/c18-12-5-1-2-6-13(12)20-14-9-26(22,23)10-15(14)25-17(20)19-16(21)8-11-4-3-7-24-11/h1-7,14-15H,8-10H2. The number of benzene rings is 1. The molecule has 9 heteroatoms. The summed E-state index contributed by atoms with van der Waals surface area (Å²) >= 11 is 2.72. The lowest BCUT2D eigenvalue weighted by molar-refractivity contribution is -0.117. The van der Waals surface area contributed by atoms with Crippen LogP contribution in [0.5, 0.6) is 0 Å². The normalized spacial score (nSPS) is 25.6. The van der Waals surface area contributed by atoms with Gasteiger partial charge in [0, 0.05) is 10.1 Å². The van der Waals surface area contributed by atoms with Crippen LogP contribution in [0.3, 0.4) is 0 Å². The van der Waals surface area contributed by atoms with Crippen LogP contribution in [-0.4, -0.2) is 42.3 Å². The molecule has 3 heterocycles. The van der Waals surface area contributed by atoms with Crippen LogP contribution in [0.4, 0.5) is 10.1 Å². The molecule has 2 unspecified atom stereocenters. The first-order valence-electron chi connectivity index (χ1n) is 7.98. The maximum atomic E-state index is 14.4. The van der Waals surface area contributed by atoms with Crippen LogP contribution in [0.15, 0.2) is 46.8 Å². The Bertz CT molecular complexity index is 973. The molecule has 26 heavy (non-hydrogen) atoms. The van der Waals surface area contributed by atoms with Crippen LogP contribution < -0.4 is 4.90 Å². The first kappa shape index (κ1) is 17.7. The Morgan fingerprint density at radius 3 is 2.77 bits per heavy atom. The average Bonchev–Trinajstić information content (AvgIpc) is 3.23. The third-order valence-electron chi connectivity index (χ3n) is 4.30. The molecule has 2 atom stereocenters. The van der Waals surface area contributed by atoms with Gasteiger partial charge in [-0.3, -0.25) is 4.79 Å². The van der Waals surface area contributed by atoms with E-state index in [1.807, 2.05) is 17.5 Å². The molecule has 1 aromatic carbocycles. The highest BCUT2D eigenvalue weighted by molar-refractivity contribution is 8.16. The van der Waals surface area contributed by atoms with Crippen LogP contribution >= 0.6 is 23.1 Å². The lowest BCUT2D eigenvalue weighted by Crippen LogP contribution is -2.38. The first-order valence-corrected chi connectivity index (χ1v) is 11.6. The predicted molar refractivity (Wildman–Crippen MR) is 103 cm³/mol. The number of nitrogens with zero attached hydrogens (tertiary/aromatic N) is 2. The van der Waals surface area contributed by atoms with Crippen LogP contribution in [0.1, 0.15) is 4.88 Å². The molecular formula is C17H15FN2O3S3. The number of amidine groups is 1. The molecule has 0 spiro atoms. The van der Waals surface area contributed by atoms with Gasteiger partial charge in [0.05, 0.1) is 29.7 Å². The molecule has 136 valence electrons. The van der Waals surface area contributed by atoms with Gasteiger partial charge in [0.15, 0.2) is 15.0 Å². The van der Waals surface area contributed by atoms with Crippen molar-refractivity contribution >= 4 is 49.7 Å². The summed E-state index contributed by atoms with van der Waals surface area (Å²) in [6.45, 7) is 0. The largest absolute Gasteiger partial charge is 0.313 e. The predicted octanol–water partition coefficient (Wildman–Crippen LogP) is 2.73. The van der Waals surface area contributed by atoms with Gasteiger partial charge >= 0.3 is 0 Å². The van der Waals surface area contributed by atoms with E-state index < -0.39 is 21.7 Å². The lowest BCUT2D eigenvalue weighted by Gasteiger charge is -2.24. The molecule has 0 bridgehead atoms.